The number of amides is 3. The van der Waals surface area contributed by atoms with Crippen LogP contribution in [0.3, 0.4) is 0 Å². The number of fused-ring (bicyclic) bond motifs is 3. The largest absolute Gasteiger partial charge is 0.325 e. The number of hydrogen-bond acceptors (Lipinski definition) is 5. The fourth-order valence-electron chi connectivity index (χ4n) is 10.0. The second kappa shape index (κ2) is 16.5. The van der Waals surface area contributed by atoms with Gasteiger partial charge in [0.15, 0.2) is 0 Å². The van der Waals surface area contributed by atoms with Crippen molar-refractivity contribution in [3.63, 3.8) is 0 Å². The molecule has 0 unspecified atom stereocenters. The molecular formula is C45H57F2N5O3. The molecule has 2 N–H and O–H groups in total. The summed E-state index contributed by atoms with van der Waals surface area (Å²) in [6.45, 7) is 4.93. The molecule has 2 aliphatic heterocycles. The quantitative estimate of drug-likeness (QED) is 0.160. The lowest BCUT2D eigenvalue weighted by Crippen LogP contribution is -2.72. The number of anilines is 2. The van der Waals surface area contributed by atoms with Crippen LogP contribution in [0.1, 0.15) is 132 Å². The smallest absolute Gasteiger partial charge is 0.244 e. The molecule has 294 valence electrons. The summed E-state index contributed by atoms with van der Waals surface area (Å²) in [6, 6.07) is 13.0. The molecule has 1 aromatic heterocycles. The van der Waals surface area contributed by atoms with Gasteiger partial charge < -0.3 is 15.5 Å². The number of unbranched alkanes of at least 4 members (excludes halogenated alkanes) is 8. The fourth-order valence-corrected chi connectivity index (χ4v) is 10.0. The van der Waals surface area contributed by atoms with E-state index in [0.717, 1.165) is 74.2 Å². The third-order valence-corrected chi connectivity index (χ3v) is 13.1. The maximum Gasteiger partial charge on any atom is 0.244 e. The Balaban J connectivity index is 1.11. The van der Waals surface area contributed by atoms with Crippen molar-refractivity contribution in [2.75, 3.05) is 30.3 Å². The molecule has 3 heterocycles. The van der Waals surface area contributed by atoms with Crippen LogP contribution < -0.4 is 10.6 Å². The van der Waals surface area contributed by atoms with E-state index in [2.05, 4.69) is 27.4 Å². The Hall–Kier alpha value is -4.18. The second-order valence-corrected chi connectivity index (χ2v) is 16.8. The number of carbonyl (C=O) groups excluding carboxylic acids is 3. The fraction of sp³-hybridized carbons (Fsp3) is 0.556. The van der Waals surface area contributed by atoms with Crippen LogP contribution >= 0.6 is 0 Å². The molecule has 8 nitrogen and oxygen atoms in total. The summed E-state index contributed by atoms with van der Waals surface area (Å²) in [5.74, 6) is -1.40. The van der Waals surface area contributed by atoms with Gasteiger partial charge >= 0.3 is 0 Å². The lowest BCUT2D eigenvalue weighted by atomic mass is 9.77. The van der Waals surface area contributed by atoms with Crippen LogP contribution in [0.4, 0.5) is 20.3 Å². The van der Waals surface area contributed by atoms with E-state index < -0.39 is 28.1 Å². The number of hydrogen-bond donors (Lipinski definition) is 2. The van der Waals surface area contributed by atoms with Crippen LogP contribution in [0, 0.1) is 11.6 Å². The summed E-state index contributed by atoms with van der Waals surface area (Å²) in [5.41, 5.74) is 1.17. The minimum absolute atomic E-state index is 0.0704. The van der Waals surface area contributed by atoms with Crippen LogP contribution in [0.2, 0.25) is 0 Å². The van der Waals surface area contributed by atoms with E-state index in [4.69, 9.17) is 0 Å². The summed E-state index contributed by atoms with van der Waals surface area (Å²) in [4.78, 5) is 50.8. The molecule has 10 heteroatoms. The summed E-state index contributed by atoms with van der Waals surface area (Å²) in [7, 11) is 0. The van der Waals surface area contributed by atoms with Crippen LogP contribution in [0.5, 0.6) is 0 Å². The van der Waals surface area contributed by atoms with Crippen molar-refractivity contribution in [2.24, 2.45) is 0 Å². The Labute approximate surface area is 324 Å². The van der Waals surface area contributed by atoms with E-state index in [1.807, 2.05) is 37.3 Å². The van der Waals surface area contributed by atoms with E-state index >= 15 is 4.79 Å². The highest BCUT2D eigenvalue weighted by molar-refractivity contribution is 6.06. The van der Waals surface area contributed by atoms with Gasteiger partial charge in [-0.2, -0.15) is 0 Å². The third kappa shape index (κ3) is 7.80. The number of halogens is 2. The first kappa shape index (κ1) is 39.1. The molecule has 2 aromatic carbocycles. The zero-order valence-corrected chi connectivity index (χ0v) is 32.7. The second-order valence-electron chi connectivity index (χ2n) is 16.8. The Bertz CT molecular complexity index is 1870. The topological polar surface area (TPSA) is 94.6 Å². The lowest BCUT2D eigenvalue weighted by molar-refractivity contribution is -0.169. The summed E-state index contributed by atoms with van der Waals surface area (Å²) in [5, 5.41) is 5.98. The molecule has 0 radical (unpaired) electrons. The molecule has 3 amide bonds. The highest BCUT2D eigenvalue weighted by Gasteiger charge is 2.57. The van der Waals surface area contributed by atoms with Crippen molar-refractivity contribution in [3.05, 3.63) is 88.6 Å². The molecule has 1 saturated carbocycles. The Morgan fingerprint density at radius 1 is 0.855 bits per heavy atom. The molecule has 1 saturated heterocycles. The zero-order chi connectivity index (χ0) is 38.6. The molecule has 2 fully saturated rings. The predicted octanol–water partition coefficient (Wildman–Crippen LogP) is 8.97. The first-order valence-corrected chi connectivity index (χ1v) is 20.8. The highest BCUT2D eigenvalue weighted by Crippen LogP contribution is 2.48. The molecule has 0 bridgehead atoms. The summed E-state index contributed by atoms with van der Waals surface area (Å²) in [6.07, 6.45) is 18.8. The van der Waals surface area contributed by atoms with Crippen LogP contribution in [-0.4, -0.2) is 57.7 Å². The van der Waals surface area contributed by atoms with Gasteiger partial charge in [0.2, 0.25) is 17.7 Å². The molecule has 2 aliphatic carbocycles. The first-order valence-electron chi connectivity index (χ1n) is 20.8. The van der Waals surface area contributed by atoms with E-state index in [9.17, 15) is 18.4 Å². The van der Waals surface area contributed by atoms with Crippen molar-refractivity contribution < 1.29 is 23.2 Å². The zero-order valence-electron chi connectivity index (χ0n) is 32.7. The Morgan fingerprint density at radius 2 is 1.53 bits per heavy atom. The van der Waals surface area contributed by atoms with Gasteiger partial charge in [0.05, 0.1) is 11.0 Å². The van der Waals surface area contributed by atoms with Crippen molar-refractivity contribution in [1.82, 2.24) is 14.8 Å². The monoisotopic (exact) mass is 753 g/mol. The molecule has 3 aromatic rings. The minimum atomic E-state index is -1.16. The molecule has 4 aliphatic rings. The van der Waals surface area contributed by atoms with Crippen LogP contribution in [0.15, 0.2) is 54.7 Å². The van der Waals surface area contributed by atoms with Gasteiger partial charge in [-0.3, -0.25) is 19.3 Å². The standard InChI is InChI=1S/C45H57F2N5O3/c1-3-4-5-6-7-8-9-12-15-23-51-31-43(2,34-25-35(46)27-36(47)26-34)52(42(55)45(51)20-13-10-11-14-21-45)30-39(53)49-37-19-18-32-28-44(29-33(32)24-37)38-17-16-22-48-40(38)50-41(44)54/h16-19,22,24-27H,3-15,20-21,23,28-31H2,1-2H3,(H,49,53)(H,48,50,54)/t43-,44+/m0/s1. The van der Waals surface area contributed by atoms with E-state index in [1.54, 1.807) is 11.1 Å². The molecule has 7 rings (SSSR count). The SMILES string of the molecule is CCCCCCCCCCCN1C[C@@](C)(c2cc(F)cc(F)c2)N(CC(=O)Nc2ccc3c(c2)C[C@@]2(C3)C(=O)Nc3ncccc32)C(=O)C12CCCCCC2. The van der Waals surface area contributed by atoms with Crippen molar-refractivity contribution in [1.29, 1.82) is 0 Å². The average molecular weight is 754 g/mol. The van der Waals surface area contributed by atoms with Gasteiger partial charge in [-0.05, 0) is 92.6 Å². The maximum atomic E-state index is 15.2. The third-order valence-electron chi connectivity index (χ3n) is 13.1. The van der Waals surface area contributed by atoms with Gasteiger partial charge in [0.1, 0.15) is 29.5 Å². The lowest BCUT2D eigenvalue weighted by Gasteiger charge is -2.57. The highest BCUT2D eigenvalue weighted by atomic mass is 19.1. The molecular weight excluding hydrogens is 697 g/mol. The van der Waals surface area contributed by atoms with Gasteiger partial charge in [-0.1, -0.05) is 96.1 Å². The van der Waals surface area contributed by atoms with E-state index in [0.29, 0.717) is 49.3 Å². The van der Waals surface area contributed by atoms with E-state index in [1.165, 1.54) is 50.7 Å². The number of carbonyl (C=O) groups is 3. The van der Waals surface area contributed by atoms with Crippen molar-refractivity contribution in [2.45, 2.75) is 139 Å². The number of rotatable bonds is 14. The molecule has 55 heavy (non-hydrogen) atoms. The van der Waals surface area contributed by atoms with Gasteiger partial charge in [-0.25, -0.2) is 13.8 Å². The summed E-state index contributed by atoms with van der Waals surface area (Å²) < 4.78 is 29.8. The van der Waals surface area contributed by atoms with Gasteiger partial charge in [0, 0.05) is 30.1 Å². The van der Waals surface area contributed by atoms with Gasteiger partial charge in [0.25, 0.3) is 0 Å². The predicted molar refractivity (Wildman–Crippen MR) is 212 cm³/mol. The molecule has 2 spiro atoms. The first-order chi connectivity index (χ1) is 26.6. The Morgan fingerprint density at radius 3 is 2.24 bits per heavy atom. The maximum absolute atomic E-state index is 15.2. The van der Waals surface area contributed by atoms with E-state index in [-0.39, 0.29) is 24.3 Å². The van der Waals surface area contributed by atoms with Crippen LogP contribution in [-0.2, 0) is 38.2 Å². The number of aromatic nitrogens is 1. The van der Waals surface area contributed by atoms with Gasteiger partial charge in [-0.15, -0.1) is 0 Å². The van der Waals surface area contributed by atoms with Crippen LogP contribution in [0.25, 0.3) is 0 Å². The number of benzene rings is 2. The summed E-state index contributed by atoms with van der Waals surface area (Å²) >= 11 is 0. The Kier molecular flexibility index (Phi) is 11.7. The number of pyridine rings is 1. The minimum Gasteiger partial charge on any atom is -0.325 e. The number of nitrogens with zero attached hydrogens (tertiary/aromatic N) is 3. The molecule has 2 atom stereocenters. The number of nitrogens with one attached hydrogen (secondary N) is 2. The normalized spacial score (nSPS) is 23.2. The van der Waals surface area contributed by atoms with Crippen molar-refractivity contribution >= 4 is 29.2 Å². The number of piperazine rings is 1. The van der Waals surface area contributed by atoms with Crippen molar-refractivity contribution in [3.8, 4) is 0 Å². The average Bonchev–Trinajstić information content (AvgIpc) is 3.55.